The van der Waals surface area contributed by atoms with Gasteiger partial charge in [0.2, 0.25) is 0 Å². The minimum atomic E-state index is -0.357. The fourth-order valence-electron chi connectivity index (χ4n) is 1.59. The van der Waals surface area contributed by atoms with Gasteiger partial charge in [-0.1, -0.05) is 11.6 Å². The van der Waals surface area contributed by atoms with Crippen LogP contribution in [0.2, 0.25) is 5.02 Å². The van der Waals surface area contributed by atoms with E-state index < -0.39 is 0 Å². The summed E-state index contributed by atoms with van der Waals surface area (Å²) >= 11 is 5.95. The Labute approximate surface area is 103 Å². The third-order valence-corrected chi connectivity index (χ3v) is 2.87. The number of aromatic nitrogens is 1. The smallest absolute Gasteiger partial charge is 0.251 e. The first-order valence-electron chi connectivity index (χ1n) is 5.17. The molecular formula is C13H11ClFNO. The maximum atomic E-state index is 13.1. The summed E-state index contributed by atoms with van der Waals surface area (Å²) < 4.78 is 14.6. The predicted molar refractivity (Wildman–Crippen MR) is 66.0 cm³/mol. The lowest BCUT2D eigenvalue weighted by Gasteiger charge is -2.07. The second kappa shape index (κ2) is 4.72. The first-order valence-corrected chi connectivity index (χ1v) is 5.55. The van der Waals surface area contributed by atoms with Crippen LogP contribution in [0.4, 0.5) is 4.39 Å². The zero-order valence-electron chi connectivity index (χ0n) is 9.28. The number of hydrogen-bond acceptors (Lipinski definition) is 1. The van der Waals surface area contributed by atoms with Crippen LogP contribution < -0.4 is 5.56 Å². The Bertz CT molecular complexity index is 607. The summed E-state index contributed by atoms with van der Waals surface area (Å²) in [6, 6.07) is 7.49. The highest BCUT2D eigenvalue weighted by Gasteiger charge is 2.04. The molecule has 2 nitrogen and oxygen atoms in total. The molecule has 2 aromatic rings. The van der Waals surface area contributed by atoms with Gasteiger partial charge in [0.05, 0.1) is 6.54 Å². The van der Waals surface area contributed by atoms with E-state index in [-0.39, 0.29) is 17.9 Å². The Kier molecular flexibility index (Phi) is 3.29. The maximum Gasteiger partial charge on any atom is 0.251 e. The van der Waals surface area contributed by atoms with Crippen LogP contribution in [0.25, 0.3) is 0 Å². The van der Waals surface area contributed by atoms with Gasteiger partial charge in [0.1, 0.15) is 5.82 Å². The van der Waals surface area contributed by atoms with E-state index in [4.69, 9.17) is 11.6 Å². The average molecular weight is 252 g/mol. The van der Waals surface area contributed by atoms with Gasteiger partial charge in [-0.15, -0.1) is 0 Å². The van der Waals surface area contributed by atoms with E-state index in [2.05, 4.69) is 0 Å². The number of aryl methyl sites for hydroxylation is 1. The highest BCUT2D eigenvalue weighted by Crippen LogP contribution is 2.17. The third kappa shape index (κ3) is 2.74. The van der Waals surface area contributed by atoms with Crippen molar-refractivity contribution in [1.29, 1.82) is 0 Å². The molecule has 0 aliphatic heterocycles. The second-order valence-electron chi connectivity index (χ2n) is 3.91. The van der Waals surface area contributed by atoms with Gasteiger partial charge in [0.25, 0.3) is 5.56 Å². The fraction of sp³-hybridized carbons (Fsp3) is 0.154. The van der Waals surface area contributed by atoms with E-state index in [9.17, 15) is 9.18 Å². The lowest BCUT2D eigenvalue weighted by Crippen LogP contribution is -2.19. The topological polar surface area (TPSA) is 22.0 Å². The van der Waals surface area contributed by atoms with Gasteiger partial charge in [-0.3, -0.25) is 4.79 Å². The minimum absolute atomic E-state index is 0.120. The summed E-state index contributed by atoms with van der Waals surface area (Å²) in [5.41, 5.74) is 1.37. The normalized spacial score (nSPS) is 10.5. The van der Waals surface area contributed by atoms with Crippen molar-refractivity contribution in [2.75, 3.05) is 0 Å². The van der Waals surface area contributed by atoms with Crippen molar-refractivity contribution >= 4 is 11.6 Å². The molecule has 1 heterocycles. The number of nitrogens with zero attached hydrogens (tertiary/aromatic N) is 1. The van der Waals surface area contributed by atoms with E-state index in [0.717, 1.165) is 5.56 Å². The standard InChI is InChI=1S/C13H11ClFNO/c1-9-4-5-16(13(17)6-9)8-10-7-11(15)2-3-12(10)14/h2-7H,8H2,1H3. The van der Waals surface area contributed by atoms with E-state index >= 15 is 0 Å². The molecule has 0 unspecified atom stereocenters. The first kappa shape index (κ1) is 11.9. The fourth-order valence-corrected chi connectivity index (χ4v) is 1.76. The molecule has 0 aliphatic carbocycles. The van der Waals surface area contributed by atoms with Gasteiger partial charge in [-0.2, -0.15) is 0 Å². The van der Waals surface area contributed by atoms with Crippen LogP contribution in [0, 0.1) is 12.7 Å². The Hall–Kier alpha value is -1.61. The van der Waals surface area contributed by atoms with Crippen LogP contribution in [0.1, 0.15) is 11.1 Å². The van der Waals surface area contributed by atoms with Crippen molar-refractivity contribution in [3.63, 3.8) is 0 Å². The van der Waals surface area contributed by atoms with Crippen molar-refractivity contribution in [2.45, 2.75) is 13.5 Å². The van der Waals surface area contributed by atoms with Gasteiger partial charge < -0.3 is 4.57 Å². The van der Waals surface area contributed by atoms with Crippen molar-refractivity contribution in [3.8, 4) is 0 Å². The van der Waals surface area contributed by atoms with E-state index in [1.165, 1.54) is 28.8 Å². The molecule has 0 radical (unpaired) electrons. The SMILES string of the molecule is Cc1ccn(Cc2cc(F)ccc2Cl)c(=O)c1. The highest BCUT2D eigenvalue weighted by molar-refractivity contribution is 6.31. The summed E-state index contributed by atoms with van der Waals surface area (Å²) in [6.07, 6.45) is 1.68. The summed E-state index contributed by atoms with van der Waals surface area (Å²) in [4.78, 5) is 11.7. The summed E-state index contributed by atoms with van der Waals surface area (Å²) in [5.74, 6) is -0.357. The van der Waals surface area contributed by atoms with Crippen LogP contribution in [0.5, 0.6) is 0 Å². The molecule has 0 fully saturated rings. The van der Waals surface area contributed by atoms with Gasteiger partial charge >= 0.3 is 0 Å². The summed E-state index contributed by atoms with van der Waals surface area (Å²) in [7, 11) is 0. The second-order valence-corrected chi connectivity index (χ2v) is 4.31. The Morgan fingerprint density at radius 1 is 1.29 bits per heavy atom. The molecular weight excluding hydrogens is 241 g/mol. The van der Waals surface area contributed by atoms with Crippen LogP contribution in [0.3, 0.4) is 0 Å². The molecule has 4 heteroatoms. The molecule has 88 valence electrons. The van der Waals surface area contributed by atoms with Crippen molar-refractivity contribution < 1.29 is 4.39 Å². The van der Waals surface area contributed by atoms with Crippen LogP contribution in [-0.2, 0) is 6.54 Å². The van der Waals surface area contributed by atoms with Crippen molar-refractivity contribution in [1.82, 2.24) is 4.57 Å². The highest BCUT2D eigenvalue weighted by atomic mass is 35.5. The number of pyridine rings is 1. The molecule has 0 saturated carbocycles. The molecule has 0 bridgehead atoms. The van der Waals surface area contributed by atoms with E-state index in [1.807, 2.05) is 13.0 Å². The Morgan fingerprint density at radius 3 is 2.76 bits per heavy atom. The Balaban J connectivity index is 2.38. The van der Waals surface area contributed by atoms with Crippen molar-refractivity contribution in [3.05, 3.63) is 68.8 Å². The largest absolute Gasteiger partial charge is 0.311 e. The predicted octanol–water partition coefficient (Wildman–Crippen LogP) is 3.00. The first-order chi connectivity index (χ1) is 8.06. The molecule has 0 spiro atoms. The number of benzene rings is 1. The summed E-state index contributed by atoms with van der Waals surface area (Å²) in [5, 5.41) is 0.457. The van der Waals surface area contributed by atoms with E-state index in [1.54, 1.807) is 6.20 Å². The Morgan fingerprint density at radius 2 is 2.06 bits per heavy atom. The molecule has 0 saturated heterocycles. The molecule has 0 amide bonds. The average Bonchev–Trinajstić information content (AvgIpc) is 2.27. The molecule has 1 aromatic carbocycles. The van der Waals surface area contributed by atoms with Gasteiger partial charge in [0.15, 0.2) is 0 Å². The lowest BCUT2D eigenvalue weighted by atomic mass is 10.2. The van der Waals surface area contributed by atoms with E-state index in [0.29, 0.717) is 10.6 Å². The number of halogens is 2. The third-order valence-electron chi connectivity index (χ3n) is 2.50. The van der Waals surface area contributed by atoms with Crippen LogP contribution >= 0.6 is 11.6 Å². The van der Waals surface area contributed by atoms with Crippen LogP contribution in [-0.4, -0.2) is 4.57 Å². The molecule has 17 heavy (non-hydrogen) atoms. The monoisotopic (exact) mass is 251 g/mol. The number of hydrogen-bond donors (Lipinski definition) is 0. The number of rotatable bonds is 2. The molecule has 2 rings (SSSR count). The molecule has 0 aliphatic rings. The van der Waals surface area contributed by atoms with Crippen LogP contribution in [0.15, 0.2) is 41.3 Å². The maximum absolute atomic E-state index is 13.1. The van der Waals surface area contributed by atoms with Gasteiger partial charge in [0, 0.05) is 17.3 Å². The minimum Gasteiger partial charge on any atom is -0.311 e. The quantitative estimate of drug-likeness (QED) is 0.804. The zero-order chi connectivity index (χ0) is 12.4. The summed E-state index contributed by atoms with van der Waals surface area (Å²) in [6.45, 7) is 2.12. The van der Waals surface area contributed by atoms with Gasteiger partial charge in [-0.25, -0.2) is 4.39 Å². The molecule has 0 N–H and O–H groups in total. The lowest BCUT2D eigenvalue weighted by molar-refractivity contribution is 0.623. The molecule has 0 atom stereocenters. The molecule has 1 aromatic heterocycles. The van der Waals surface area contributed by atoms with Gasteiger partial charge in [-0.05, 0) is 42.3 Å². The van der Waals surface area contributed by atoms with Crippen molar-refractivity contribution in [2.24, 2.45) is 0 Å². The zero-order valence-corrected chi connectivity index (χ0v) is 10.0.